The summed E-state index contributed by atoms with van der Waals surface area (Å²) in [5.74, 6) is -0.446. The molecular formula is C17H18O3. The molecule has 0 spiro atoms. The lowest BCUT2D eigenvalue weighted by Gasteiger charge is -2.18. The predicted octanol–water partition coefficient (Wildman–Crippen LogP) is 2.80. The first kappa shape index (κ1) is 14.4. The summed E-state index contributed by atoms with van der Waals surface area (Å²) >= 11 is 0. The van der Waals surface area contributed by atoms with Gasteiger partial charge in [-0.15, -0.1) is 0 Å². The summed E-state index contributed by atoms with van der Waals surface area (Å²) in [6.07, 6.45) is 1.37. The summed E-state index contributed by atoms with van der Waals surface area (Å²) in [5.41, 5.74) is 1.06. The molecule has 0 aliphatic heterocycles. The third-order valence-electron chi connectivity index (χ3n) is 3.43. The van der Waals surface area contributed by atoms with E-state index in [9.17, 15) is 9.59 Å². The topological polar surface area (TPSA) is 43.4 Å². The van der Waals surface area contributed by atoms with Crippen LogP contribution in [0, 0.1) is 5.92 Å². The largest absolute Gasteiger partial charge is 0.370 e. The minimum atomic E-state index is -0.670. The standard InChI is InChI=1S/C17H18O3/c1-2-20-17(12-19)15(11-18)10-14-8-5-7-13-6-3-4-9-16(13)14/h3-9,11-12,15,17H,2,10H2,1H3. The van der Waals surface area contributed by atoms with E-state index in [1.807, 2.05) is 49.4 Å². The number of carbonyl (C=O) groups excluding carboxylic acids is 2. The first-order valence-corrected chi connectivity index (χ1v) is 6.79. The molecule has 0 heterocycles. The Morgan fingerprint density at radius 1 is 1.05 bits per heavy atom. The van der Waals surface area contributed by atoms with Crippen molar-refractivity contribution in [3.05, 3.63) is 48.0 Å². The molecule has 2 rings (SSSR count). The number of fused-ring (bicyclic) bond motifs is 1. The van der Waals surface area contributed by atoms with E-state index in [2.05, 4.69) is 0 Å². The summed E-state index contributed by atoms with van der Waals surface area (Å²) in [4.78, 5) is 22.3. The van der Waals surface area contributed by atoms with Gasteiger partial charge in [-0.25, -0.2) is 0 Å². The number of benzene rings is 2. The fourth-order valence-corrected chi connectivity index (χ4v) is 2.42. The zero-order valence-corrected chi connectivity index (χ0v) is 11.5. The van der Waals surface area contributed by atoms with Crippen molar-refractivity contribution < 1.29 is 14.3 Å². The van der Waals surface area contributed by atoms with Crippen LogP contribution in [0.4, 0.5) is 0 Å². The number of carbonyl (C=O) groups is 2. The van der Waals surface area contributed by atoms with Crippen molar-refractivity contribution in [2.24, 2.45) is 5.92 Å². The zero-order chi connectivity index (χ0) is 14.4. The molecular weight excluding hydrogens is 252 g/mol. The van der Waals surface area contributed by atoms with Crippen LogP contribution in [-0.4, -0.2) is 25.3 Å². The highest BCUT2D eigenvalue weighted by Gasteiger charge is 2.21. The van der Waals surface area contributed by atoms with Gasteiger partial charge in [-0.1, -0.05) is 42.5 Å². The van der Waals surface area contributed by atoms with Crippen molar-refractivity contribution in [2.75, 3.05) is 6.61 Å². The second kappa shape index (κ2) is 6.96. The molecule has 0 N–H and O–H groups in total. The van der Waals surface area contributed by atoms with Gasteiger partial charge in [0.05, 0.1) is 5.92 Å². The molecule has 0 saturated heterocycles. The third kappa shape index (κ3) is 3.11. The summed E-state index contributed by atoms with van der Waals surface area (Å²) in [6.45, 7) is 2.24. The van der Waals surface area contributed by atoms with E-state index in [0.717, 1.165) is 22.6 Å². The molecule has 0 saturated carbocycles. The lowest BCUT2D eigenvalue weighted by atomic mass is 9.92. The van der Waals surface area contributed by atoms with Crippen LogP contribution in [0.5, 0.6) is 0 Å². The van der Waals surface area contributed by atoms with Crippen LogP contribution in [0.2, 0.25) is 0 Å². The Morgan fingerprint density at radius 2 is 1.80 bits per heavy atom. The smallest absolute Gasteiger partial charge is 0.149 e. The SMILES string of the molecule is CCOC(C=O)C(C=O)Cc1cccc2ccccc12. The van der Waals surface area contributed by atoms with Crippen LogP contribution in [-0.2, 0) is 20.7 Å². The molecule has 0 bridgehead atoms. The van der Waals surface area contributed by atoms with Crippen molar-refractivity contribution in [1.82, 2.24) is 0 Å². The number of ether oxygens (including phenoxy) is 1. The molecule has 104 valence electrons. The maximum atomic E-state index is 11.3. The molecule has 2 aromatic carbocycles. The molecule has 2 unspecified atom stereocenters. The van der Waals surface area contributed by atoms with E-state index in [1.165, 1.54) is 0 Å². The molecule has 20 heavy (non-hydrogen) atoms. The van der Waals surface area contributed by atoms with Gasteiger partial charge >= 0.3 is 0 Å². The summed E-state index contributed by atoms with van der Waals surface area (Å²) < 4.78 is 5.33. The molecule has 0 radical (unpaired) electrons. The van der Waals surface area contributed by atoms with Gasteiger partial charge in [0.2, 0.25) is 0 Å². The number of rotatable bonds is 7. The van der Waals surface area contributed by atoms with Gasteiger partial charge < -0.3 is 14.3 Å². The second-order valence-electron chi connectivity index (χ2n) is 4.70. The minimum Gasteiger partial charge on any atom is -0.370 e. The lowest BCUT2D eigenvalue weighted by Crippen LogP contribution is -2.28. The average molecular weight is 270 g/mol. The lowest BCUT2D eigenvalue weighted by molar-refractivity contribution is -0.127. The number of aldehydes is 2. The Bertz CT molecular complexity index is 586. The molecule has 0 aliphatic carbocycles. The third-order valence-corrected chi connectivity index (χ3v) is 3.43. The maximum absolute atomic E-state index is 11.3. The van der Waals surface area contributed by atoms with Crippen molar-refractivity contribution in [1.29, 1.82) is 0 Å². The highest BCUT2D eigenvalue weighted by Crippen LogP contribution is 2.22. The normalized spacial score (nSPS) is 13.8. The van der Waals surface area contributed by atoms with Crippen molar-refractivity contribution in [3.63, 3.8) is 0 Å². The first-order valence-electron chi connectivity index (χ1n) is 6.79. The van der Waals surface area contributed by atoms with Gasteiger partial charge in [-0.2, -0.15) is 0 Å². The molecule has 3 nitrogen and oxygen atoms in total. The fraction of sp³-hybridized carbons (Fsp3) is 0.294. The van der Waals surface area contributed by atoms with Gasteiger partial charge in [0.25, 0.3) is 0 Å². The molecule has 2 aromatic rings. The van der Waals surface area contributed by atoms with E-state index in [0.29, 0.717) is 19.3 Å². The van der Waals surface area contributed by atoms with Crippen LogP contribution < -0.4 is 0 Å². The van der Waals surface area contributed by atoms with Crippen LogP contribution in [0.25, 0.3) is 10.8 Å². The Balaban J connectivity index is 2.29. The van der Waals surface area contributed by atoms with Crippen molar-refractivity contribution in [2.45, 2.75) is 19.4 Å². The summed E-state index contributed by atoms with van der Waals surface area (Å²) in [7, 11) is 0. The monoisotopic (exact) mass is 270 g/mol. The van der Waals surface area contributed by atoms with Gasteiger partial charge in [-0.05, 0) is 29.7 Å². The highest BCUT2D eigenvalue weighted by molar-refractivity contribution is 5.86. The molecule has 3 heteroatoms. The fourth-order valence-electron chi connectivity index (χ4n) is 2.42. The summed E-state index contributed by atoms with van der Waals surface area (Å²) in [5, 5.41) is 2.25. The molecule has 0 fully saturated rings. The van der Waals surface area contributed by atoms with Crippen LogP contribution in [0.1, 0.15) is 12.5 Å². The van der Waals surface area contributed by atoms with E-state index < -0.39 is 12.0 Å². The highest BCUT2D eigenvalue weighted by atomic mass is 16.5. The van der Waals surface area contributed by atoms with Crippen LogP contribution >= 0.6 is 0 Å². The van der Waals surface area contributed by atoms with Gasteiger partial charge in [-0.3, -0.25) is 0 Å². The first-order chi connectivity index (χ1) is 9.80. The Hall–Kier alpha value is -2.00. The molecule has 0 aromatic heterocycles. The minimum absolute atomic E-state index is 0.420. The van der Waals surface area contributed by atoms with Crippen LogP contribution in [0.15, 0.2) is 42.5 Å². The summed E-state index contributed by atoms with van der Waals surface area (Å²) in [6, 6.07) is 14.0. The quantitative estimate of drug-likeness (QED) is 0.727. The molecule has 2 atom stereocenters. The van der Waals surface area contributed by atoms with E-state index in [1.54, 1.807) is 0 Å². The Morgan fingerprint density at radius 3 is 2.50 bits per heavy atom. The number of hydrogen-bond acceptors (Lipinski definition) is 3. The van der Waals surface area contributed by atoms with E-state index >= 15 is 0 Å². The van der Waals surface area contributed by atoms with Gasteiger partial charge in [0.15, 0.2) is 0 Å². The second-order valence-corrected chi connectivity index (χ2v) is 4.70. The zero-order valence-electron chi connectivity index (χ0n) is 11.5. The number of hydrogen-bond donors (Lipinski definition) is 0. The maximum Gasteiger partial charge on any atom is 0.149 e. The van der Waals surface area contributed by atoms with E-state index in [-0.39, 0.29) is 0 Å². The Kier molecular flexibility index (Phi) is 5.02. The van der Waals surface area contributed by atoms with Crippen LogP contribution in [0.3, 0.4) is 0 Å². The Labute approximate surface area is 118 Å². The van der Waals surface area contributed by atoms with Crippen molar-refractivity contribution >= 4 is 23.3 Å². The predicted molar refractivity (Wildman–Crippen MR) is 78.7 cm³/mol. The van der Waals surface area contributed by atoms with Crippen molar-refractivity contribution in [3.8, 4) is 0 Å². The molecule has 0 aliphatic rings. The van der Waals surface area contributed by atoms with Gasteiger partial charge in [0, 0.05) is 6.61 Å². The van der Waals surface area contributed by atoms with E-state index in [4.69, 9.17) is 4.74 Å². The van der Waals surface area contributed by atoms with Gasteiger partial charge in [0.1, 0.15) is 18.7 Å². The molecule has 0 amide bonds. The average Bonchev–Trinajstić information content (AvgIpc) is 2.50.